The van der Waals surface area contributed by atoms with Crippen molar-refractivity contribution in [2.45, 2.75) is 44.1 Å². The Kier molecular flexibility index (Phi) is 8.50. The van der Waals surface area contributed by atoms with E-state index < -0.39 is 31.4 Å². The minimum Gasteiger partial charge on any atom is -0.462 e. The molecule has 200 valence electrons. The summed E-state index contributed by atoms with van der Waals surface area (Å²) in [6, 6.07) is 8.48. The van der Waals surface area contributed by atoms with E-state index in [2.05, 4.69) is 25.4 Å². The maximum Gasteiger partial charge on any atom is 0.459 e. The van der Waals surface area contributed by atoms with E-state index in [1.165, 1.54) is 0 Å². The molecule has 1 aromatic carbocycles. The van der Waals surface area contributed by atoms with Gasteiger partial charge in [0.2, 0.25) is 5.95 Å². The molecule has 15 heteroatoms. The fourth-order valence-electron chi connectivity index (χ4n) is 3.72. The first-order valence-corrected chi connectivity index (χ1v) is 13.6. The average molecular weight is 554 g/mol. The minimum absolute atomic E-state index is 0.0728. The van der Waals surface area contributed by atoms with Crippen LogP contribution < -0.4 is 20.7 Å². The highest BCUT2D eigenvalue weighted by molar-refractivity contribution is 7.52. The summed E-state index contributed by atoms with van der Waals surface area (Å²) in [4.78, 5) is 24.8. The van der Waals surface area contributed by atoms with E-state index in [0.29, 0.717) is 29.2 Å². The standard InChI is InChI=1S/C22H29ClN7O6P/c1-13(2)34-17(31)10-27-37(32,36-14-7-5-4-6-8-14)33-11-15-9-16(23)21(35-15)30-12-26-18-19(25-3)28-22(24)29-20(18)30/h4-8,12-13,15-16,21H,9-11H2,1-3H3,(H,27,32)(H3,24,25,28,29)/t15?,16-,21?,37?/m0/s1. The lowest BCUT2D eigenvalue weighted by Crippen LogP contribution is -2.28. The van der Waals surface area contributed by atoms with Crippen molar-refractivity contribution in [1.82, 2.24) is 24.6 Å². The molecule has 1 aliphatic rings. The van der Waals surface area contributed by atoms with Gasteiger partial charge in [-0.3, -0.25) is 13.9 Å². The smallest absolute Gasteiger partial charge is 0.459 e. The summed E-state index contributed by atoms with van der Waals surface area (Å²) in [5.74, 6) is 0.260. The molecular weight excluding hydrogens is 525 g/mol. The van der Waals surface area contributed by atoms with Crippen molar-refractivity contribution in [3.63, 3.8) is 0 Å². The predicted molar refractivity (Wildman–Crippen MR) is 137 cm³/mol. The van der Waals surface area contributed by atoms with Gasteiger partial charge in [0.1, 0.15) is 12.3 Å². The van der Waals surface area contributed by atoms with Crippen LogP contribution in [0.3, 0.4) is 0 Å². The number of halogens is 1. The number of benzene rings is 1. The van der Waals surface area contributed by atoms with Gasteiger partial charge >= 0.3 is 13.7 Å². The Hall–Kier alpha value is -2.96. The van der Waals surface area contributed by atoms with E-state index in [-0.39, 0.29) is 25.2 Å². The van der Waals surface area contributed by atoms with Crippen LogP contribution in [-0.2, 0) is 23.4 Å². The molecule has 0 bridgehead atoms. The number of nitrogen functional groups attached to an aromatic ring is 1. The van der Waals surface area contributed by atoms with Gasteiger partial charge in [0.15, 0.2) is 23.2 Å². The molecule has 0 saturated carbocycles. The summed E-state index contributed by atoms with van der Waals surface area (Å²) >= 11 is 6.61. The third-order valence-electron chi connectivity index (χ3n) is 5.26. The van der Waals surface area contributed by atoms with Crippen LogP contribution in [0.15, 0.2) is 36.7 Å². The molecule has 1 aliphatic heterocycles. The van der Waals surface area contributed by atoms with Crippen LogP contribution >= 0.6 is 19.3 Å². The Labute approximate surface area is 218 Å². The number of anilines is 2. The number of nitrogens with two attached hydrogens (primary N) is 1. The number of rotatable bonds is 11. The normalized spacial score (nSPS) is 21.2. The first kappa shape index (κ1) is 27.1. The van der Waals surface area contributed by atoms with Crippen LogP contribution in [0.1, 0.15) is 26.5 Å². The molecule has 37 heavy (non-hydrogen) atoms. The van der Waals surface area contributed by atoms with E-state index in [9.17, 15) is 9.36 Å². The van der Waals surface area contributed by atoms with Gasteiger partial charge in [-0.25, -0.2) is 14.6 Å². The highest BCUT2D eigenvalue weighted by Crippen LogP contribution is 2.45. The Morgan fingerprint density at radius 1 is 1.32 bits per heavy atom. The molecule has 4 atom stereocenters. The number of carbonyl (C=O) groups excluding carboxylic acids is 1. The third kappa shape index (κ3) is 6.68. The number of para-hydroxylation sites is 1. The molecule has 4 rings (SSSR count). The Balaban J connectivity index is 1.46. The Morgan fingerprint density at radius 3 is 2.78 bits per heavy atom. The fraction of sp³-hybridized carbons (Fsp3) is 0.455. The van der Waals surface area contributed by atoms with E-state index in [4.69, 9.17) is 35.9 Å². The van der Waals surface area contributed by atoms with E-state index in [1.807, 2.05) is 0 Å². The van der Waals surface area contributed by atoms with Crippen LogP contribution in [0.5, 0.6) is 5.75 Å². The van der Waals surface area contributed by atoms with Crippen molar-refractivity contribution in [2.24, 2.45) is 0 Å². The summed E-state index contributed by atoms with van der Waals surface area (Å²) in [5, 5.41) is 5.03. The second-order valence-electron chi connectivity index (χ2n) is 8.48. The molecule has 4 N–H and O–H groups in total. The molecule has 0 amide bonds. The zero-order valence-corrected chi connectivity index (χ0v) is 22.2. The summed E-state index contributed by atoms with van der Waals surface area (Å²) in [6.45, 7) is 2.94. The summed E-state index contributed by atoms with van der Waals surface area (Å²) in [6.07, 6.45) is 0.436. The number of imidazole rings is 1. The number of nitrogens with zero attached hydrogens (tertiary/aromatic N) is 4. The van der Waals surface area contributed by atoms with Gasteiger partial charge in [-0.2, -0.15) is 9.97 Å². The molecule has 3 heterocycles. The first-order chi connectivity index (χ1) is 17.7. The second kappa shape index (κ2) is 11.6. The van der Waals surface area contributed by atoms with Crippen molar-refractivity contribution in [2.75, 3.05) is 31.2 Å². The molecular formula is C22H29ClN7O6P. The maximum absolute atomic E-state index is 13.5. The van der Waals surface area contributed by atoms with Gasteiger partial charge in [-0.15, -0.1) is 11.6 Å². The maximum atomic E-state index is 13.5. The van der Waals surface area contributed by atoms with E-state index >= 15 is 0 Å². The quantitative estimate of drug-likeness (QED) is 0.181. The molecule has 1 fully saturated rings. The molecule has 2 aromatic heterocycles. The van der Waals surface area contributed by atoms with Gasteiger partial charge in [0.05, 0.1) is 30.5 Å². The second-order valence-corrected chi connectivity index (χ2v) is 10.8. The lowest BCUT2D eigenvalue weighted by atomic mass is 10.2. The number of hydrogen-bond donors (Lipinski definition) is 3. The van der Waals surface area contributed by atoms with Crippen LogP contribution in [0, 0.1) is 0 Å². The molecule has 0 aliphatic carbocycles. The monoisotopic (exact) mass is 553 g/mol. The van der Waals surface area contributed by atoms with Gasteiger partial charge in [-0.05, 0) is 32.4 Å². The van der Waals surface area contributed by atoms with Crippen LogP contribution in [0.4, 0.5) is 11.8 Å². The Morgan fingerprint density at radius 2 is 2.08 bits per heavy atom. The van der Waals surface area contributed by atoms with Gasteiger partial charge in [0.25, 0.3) is 0 Å². The van der Waals surface area contributed by atoms with Gasteiger partial charge < -0.3 is 25.0 Å². The van der Waals surface area contributed by atoms with E-state index in [0.717, 1.165) is 0 Å². The van der Waals surface area contributed by atoms with Crippen molar-refractivity contribution in [3.05, 3.63) is 36.7 Å². The lowest BCUT2D eigenvalue weighted by Gasteiger charge is -2.22. The zero-order chi connectivity index (χ0) is 26.6. The number of carbonyl (C=O) groups is 1. The molecule has 13 nitrogen and oxygen atoms in total. The minimum atomic E-state index is -3.99. The highest BCUT2D eigenvalue weighted by Gasteiger charge is 2.39. The van der Waals surface area contributed by atoms with Crippen molar-refractivity contribution in [1.29, 1.82) is 0 Å². The number of hydrogen-bond acceptors (Lipinski definition) is 11. The number of fused-ring (bicyclic) bond motifs is 1. The molecule has 1 saturated heterocycles. The number of ether oxygens (including phenoxy) is 2. The summed E-state index contributed by atoms with van der Waals surface area (Å²) in [5.41, 5.74) is 6.81. The summed E-state index contributed by atoms with van der Waals surface area (Å²) in [7, 11) is -2.28. The average Bonchev–Trinajstić information content (AvgIpc) is 3.44. The lowest BCUT2D eigenvalue weighted by molar-refractivity contribution is -0.145. The Bertz CT molecular complexity index is 1280. The number of aromatic nitrogens is 4. The number of esters is 1. The first-order valence-electron chi connectivity index (χ1n) is 11.6. The van der Waals surface area contributed by atoms with E-state index in [1.54, 1.807) is 62.1 Å². The van der Waals surface area contributed by atoms with Crippen molar-refractivity contribution in [3.8, 4) is 5.75 Å². The van der Waals surface area contributed by atoms with Crippen LogP contribution in [0.25, 0.3) is 11.2 Å². The predicted octanol–water partition coefficient (Wildman–Crippen LogP) is 3.09. The molecule has 3 aromatic rings. The zero-order valence-electron chi connectivity index (χ0n) is 20.5. The molecule has 0 radical (unpaired) electrons. The van der Waals surface area contributed by atoms with Crippen LogP contribution in [-0.4, -0.2) is 63.3 Å². The largest absolute Gasteiger partial charge is 0.462 e. The van der Waals surface area contributed by atoms with Crippen molar-refractivity contribution < 1.29 is 27.9 Å². The number of nitrogens with one attached hydrogen (secondary N) is 2. The highest BCUT2D eigenvalue weighted by atomic mass is 35.5. The fourth-order valence-corrected chi connectivity index (χ4v) is 5.39. The molecule has 3 unspecified atom stereocenters. The third-order valence-corrected chi connectivity index (χ3v) is 7.14. The van der Waals surface area contributed by atoms with Gasteiger partial charge in [0, 0.05) is 7.05 Å². The van der Waals surface area contributed by atoms with Crippen LogP contribution in [0.2, 0.25) is 0 Å². The topological polar surface area (TPSA) is 165 Å². The number of alkyl halides is 1. The van der Waals surface area contributed by atoms with Gasteiger partial charge in [-0.1, -0.05) is 18.2 Å². The van der Waals surface area contributed by atoms with Crippen molar-refractivity contribution >= 4 is 48.2 Å². The SMILES string of the molecule is CNc1nc(N)nc2c1ncn2C1OC(COP(=O)(NCC(=O)OC(C)C)Oc2ccccc2)C[C@@H]1Cl. The molecule has 0 spiro atoms. The summed E-state index contributed by atoms with van der Waals surface area (Å²) < 4.78 is 37.7.